The Balaban J connectivity index is 5.15. The van der Waals surface area contributed by atoms with Crippen molar-refractivity contribution in [1.29, 1.82) is 0 Å². The monoisotopic (exact) mass is 400 g/mol. The SMILES string of the molecule is CC(CC[Si](CCC(C)CC(C)(C)C)(OC(C)C)OC(C)C)CC(C)(C)C. The van der Waals surface area contributed by atoms with Gasteiger partial charge in [-0.2, -0.15) is 0 Å². The van der Waals surface area contributed by atoms with Crippen LogP contribution in [0.2, 0.25) is 12.1 Å². The van der Waals surface area contributed by atoms with Crippen LogP contribution in [0.15, 0.2) is 0 Å². The predicted octanol–water partition coefficient (Wildman–Crippen LogP) is 8.20. The summed E-state index contributed by atoms with van der Waals surface area (Å²) in [5.74, 6) is 1.44. The molecule has 0 aliphatic rings. The molecule has 0 aromatic heterocycles. The molecule has 0 saturated carbocycles. The highest BCUT2D eigenvalue weighted by Crippen LogP contribution is 2.35. The zero-order valence-electron chi connectivity index (χ0n) is 20.9. The summed E-state index contributed by atoms with van der Waals surface area (Å²) in [5.41, 5.74) is 0.783. The quantitative estimate of drug-likeness (QED) is 0.307. The molecule has 0 N–H and O–H groups in total. The lowest BCUT2D eigenvalue weighted by molar-refractivity contribution is 0.100. The van der Waals surface area contributed by atoms with Crippen LogP contribution in [-0.4, -0.2) is 20.8 Å². The van der Waals surface area contributed by atoms with Gasteiger partial charge in [-0.1, -0.05) is 55.4 Å². The molecule has 2 atom stereocenters. The molecule has 164 valence electrons. The highest BCUT2D eigenvalue weighted by Gasteiger charge is 2.40. The second kappa shape index (κ2) is 11.4. The molecule has 0 aliphatic heterocycles. The number of hydrogen-bond donors (Lipinski definition) is 0. The summed E-state index contributed by atoms with van der Waals surface area (Å²) in [4.78, 5) is 0. The lowest BCUT2D eigenvalue weighted by Crippen LogP contribution is -2.46. The van der Waals surface area contributed by atoms with Gasteiger partial charge in [0.2, 0.25) is 0 Å². The number of rotatable bonds is 12. The lowest BCUT2D eigenvalue weighted by Gasteiger charge is -2.37. The van der Waals surface area contributed by atoms with Crippen molar-refractivity contribution in [3.63, 3.8) is 0 Å². The van der Waals surface area contributed by atoms with E-state index in [0.29, 0.717) is 10.8 Å². The Kier molecular flexibility index (Phi) is 11.4. The molecule has 2 nitrogen and oxygen atoms in total. The van der Waals surface area contributed by atoms with Crippen LogP contribution in [0.25, 0.3) is 0 Å². The highest BCUT2D eigenvalue weighted by molar-refractivity contribution is 6.67. The molecule has 3 heteroatoms. The summed E-state index contributed by atoms with van der Waals surface area (Å²) in [7, 11) is -2.20. The van der Waals surface area contributed by atoms with Gasteiger partial charge in [0.25, 0.3) is 0 Å². The molecular formula is C24H52O2Si. The first-order valence-electron chi connectivity index (χ1n) is 11.4. The molecule has 2 unspecified atom stereocenters. The first-order valence-corrected chi connectivity index (χ1v) is 13.6. The maximum Gasteiger partial charge on any atom is 0.338 e. The van der Waals surface area contributed by atoms with Crippen LogP contribution in [0.1, 0.15) is 109 Å². The summed E-state index contributed by atoms with van der Waals surface area (Å²) in [6.45, 7) is 27.5. The largest absolute Gasteiger partial charge is 0.392 e. The first-order chi connectivity index (χ1) is 12.0. The van der Waals surface area contributed by atoms with Gasteiger partial charge in [-0.15, -0.1) is 0 Å². The zero-order chi connectivity index (χ0) is 21.5. The highest BCUT2D eigenvalue weighted by atomic mass is 28.4. The third-order valence-electron chi connectivity index (χ3n) is 4.86. The van der Waals surface area contributed by atoms with Crippen molar-refractivity contribution in [2.45, 2.75) is 133 Å². The Morgan fingerprint density at radius 3 is 1.11 bits per heavy atom. The van der Waals surface area contributed by atoms with E-state index in [2.05, 4.69) is 83.1 Å². The Bertz CT molecular complexity index is 352. The molecule has 0 saturated heterocycles. The zero-order valence-corrected chi connectivity index (χ0v) is 21.9. The molecule has 0 spiro atoms. The van der Waals surface area contributed by atoms with E-state index in [4.69, 9.17) is 8.85 Å². The predicted molar refractivity (Wildman–Crippen MR) is 124 cm³/mol. The van der Waals surface area contributed by atoms with Crippen molar-refractivity contribution in [2.75, 3.05) is 0 Å². The molecule has 0 aromatic rings. The second-order valence-corrected chi connectivity index (χ2v) is 15.4. The van der Waals surface area contributed by atoms with Crippen molar-refractivity contribution in [2.24, 2.45) is 22.7 Å². The van der Waals surface area contributed by atoms with Gasteiger partial charge in [-0.25, -0.2) is 0 Å². The van der Waals surface area contributed by atoms with E-state index >= 15 is 0 Å². The van der Waals surface area contributed by atoms with Gasteiger partial charge in [0.1, 0.15) is 0 Å². The number of hydrogen-bond acceptors (Lipinski definition) is 2. The molecule has 0 aliphatic carbocycles. The van der Waals surface area contributed by atoms with E-state index in [1.165, 1.54) is 25.7 Å². The maximum atomic E-state index is 6.63. The fourth-order valence-electron chi connectivity index (χ4n) is 4.48. The summed E-state index contributed by atoms with van der Waals surface area (Å²) in [6, 6.07) is 2.26. The minimum absolute atomic E-state index is 0.242. The van der Waals surface area contributed by atoms with Crippen molar-refractivity contribution in [1.82, 2.24) is 0 Å². The van der Waals surface area contributed by atoms with E-state index < -0.39 is 8.56 Å². The molecule has 0 heterocycles. The van der Waals surface area contributed by atoms with Crippen LogP contribution >= 0.6 is 0 Å². The van der Waals surface area contributed by atoms with Crippen LogP contribution < -0.4 is 0 Å². The Morgan fingerprint density at radius 2 is 0.889 bits per heavy atom. The Hall–Kier alpha value is 0.137. The smallest absolute Gasteiger partial charge is 0.338 e. The third-order valence-corrected chi connectivity index (χ3v) is 8.76. The summed E-state index contributed by atoms with van der Waals surface area (Å²) < 4.78 is 13.3. The van der Waals surface area contributed by atoms with Gasteiger partial charge in [0.15, 0.2) is 0 Å². The van der Waals surface area contributed by atoms with Gasteiger partial charge in [-0.3, -0.25) is 0 Å². The topological polar surface area (TPSA) is 18.5 Å². The third kappa shape index (κ3) is 14.7. The van der Waals surface area contributed by atoms with Crippen LogP contribution in [0.3, 0.4) is 0 Å². The van der Waals surface area contributed by atoms with Crippen molar-refractivity contribution >= 4 is 8.56 Å². The van der Waals surface area contributed by atoms with Crippen LogP contribution in [-0.2, 0) is 8.85 Å². The Labute approximate surface area is 173 Å². The fourth-order valence-corrected chi connectivity index (χ4v) is 8.84. The summed E-state index contributed by atoms with van der Waals surface area (Å²) in [5, 5.41) is 0. The van der Waals surface area contributed by atoms with Crippen molar-refractivity contribution < 1.29 is 8.85 Å². The molecule has 27 heavy (non-hydrogen) atoms. The normalized spacial score (nSPS) is 16.2. The van der Waals surface area contributed by atoms with Gasteiger partial charge in [0.05, 0.1) is 0 Å². The minimum Gasteiger partial charge on any atom is -0.392 e. The van der Waals surface area contributed by atoms with Gasteiger partial charge >= 0.3 is 8.56 Å². The lowest BCUT2D eigenvalue weighted by atomic mass is 9.84. The average molecular weight is 401 g/mol. The van der Waals surface area contributed by atoms with Gasteiger partial charge in [0, 0.05) is 12.2 Å². The van der Waals surface area contributed by atoms with Gasteiger partial charge in [-0.05, 0) is 88.1 Å². The van der Waals surface area contributed by atoms with Gasteiger partial charge < -0.3 is 8.85 Å². The summed E-state index contributed by atoms with van der Waals surface area (Å²) >= 11 is 0. The van der Waals surface area contributed by atoms with Crippen molar-refractivity contribution in [3.8, 4) is 0 Å². The van der Waals surface area contributed by atoms with E-state index in [1.54, 1.807) is 0 Å². The van der Waals surface area contributed by atoms with Crippen LogP contribution in [0.5, 0.6) is 0 Å². The molecule has 0 bridgehead atoms. The fraction of sp³-hybridized carbons (Fsp3) is 1.00. The van der Waals surface area contributed by atoms with Crippen LogP contribution in [0.4, 0.5) is 0 Å². The first kappa shape index (κ1) is 27.1. The summed E-state index contributed by atoms with van der Waals surface area (Å²) in [6.07, 6.45) is 5.45. The molecule has 0 fully saturated rings. The molecule has 0 rings (SSSR count). The molecule has 0 aromatic carbocycles. The molecule has 0 amide bonds. The molecule has 0 radical (unpaired) electrons. The standard InChI is InChI=1S/C24H52O2Si/c1-19(2)25-27(26-20(3)4,15-13-21(5)17-23(7,8)9)16-14-22(6)18-24(10,11)12/h19-22H,13-18H2,1-12H3. The van der Waals surface area contributed by atoms with E-state index in [9.17, 15) is 0 Å². The van der Waals surface area contributed by atoms with E-state index in [1.807, 2.05) is 0 Å². The maximum absolute atomic E-state index is 6.63. The minimum atomic E-state index is -2.20. The average Bonchev–Trinajstić information content (AvgIpc) is 2.38. The second-order valence-electron chi connectivity index (χ2n) is 12.1. The van der Waals surface area contributed by atoms with Crippen molar-refractivity contribution in [3.05, 3.63) is 0 Å². The molecular weight excluding hydrogens is 348 g/mol. The van der Waals surface area contributed by atoms with Crippen LogP contribution in [0, 0.1) is 22.7 Å². The Morgan fingerprint density at radius 1 is 0.593 bits per heavy atom. The van der Waals surface area contributed by atoms with E-state index in [-0.39, 0.29) is 12.2 Å². The van der Waals surface area contributed by atoms with E-state index in [0.717, 1.165) is 23.9 Å².